The van der Waals surface area contributed by atoms with Crippen LogP contribution in [0.5, 0.6) is 0 Å². The highest BCUT2D eigenvalue weighted by Crippen LogP contribution is 2.40. The van der Waals surface area contributed by atoms with Crippen LogP contribution in [0.25, 0.3) is 64.4 Å². The number of thiophene rings is 1. The van der Waals surface area contributed by atoms with E-state index in [1.165, 1.54) is 25.7 Å². The highest BCUT2D eigenvalue weighted by atomic mass is 32.1. The zero-order valence-corrected chi connectivity index (χ0v) is 21.8. The second-order valence-electron chi connectivity index (χ2n) is 9.88. The Morgan fingerprint density at radius 1 is 0.462 bits per heavy atom. The van der Waals surface area contributed by atoms with Gasteiger partial charge in [-0.2, -0.15) is 0 Å². The van der Waals surface area contributed by atoms with Crippen molar-refractivity contribution in [2.45, 2.75) is 0 Å². The Morgan fingerprint density at radius 2 is 1.21 bits per heavy atom. The number of nitrogens with one attached hydrogen (secondary N) is 1. The molecule has 0 aliphatic heterocycles. The van der Waals surface area contributed by atoms with Crippen molar-refractivity contribution in [1.29, 1.82) is 0 Å². The van der Waals surface area contributed by atoms with E-state index >= 15 is 0 Å². The van der Waals surface area contributed by atoms with Gasteiger partial charge in [-0.3, -0.25) is 0 Å². The topological polar surface area (TPSA) is 25.2 Å². The standard InChI is InChI=1S/C36H23NOS/c1-2-9-23(10-3-1)24-19-25(28-13-8-14-32-29-11-4-6-15-33(29)38-36(28)32)21-27(20-24)37-26-17-18-31-30-12-5-7-16-34(30)39-35(31)22-26/h1-22,37H. The van der Waals surface area contributed by atoms with Crippen LogP contribution in [-0.4, -0.2) is 0 Å². The van der Waals surface area contributed by atoms with E-state index in [0.717, 1.165) is 50.0 Å². The van der Waals surface area contributed by atoms with Crippen molar-refractivity contribution in [3.05, 3.63) is 133 Å². The van der Waals surface area contributed by atoms with Gasteiger partial charge in [0.05, 0.1) is 0 Å². The van der Waals surface area contributed by atoms with Crippen LogP contribution in [0, 0.1) is 0 Å². The Labute approximate surface area is 229 Å². The van der Waals surface area contributed by atoms with Crippen LogP contribution in [0.15, 0.2) is 138 Å². The van der Waals surface area contributed by atoms with Crippen LogP contribution >= 0.6 is 11.3 Å². The van der Waals surface area contributed by atoms with Crippen LogP contribution in [0.4, 0.5) is 11.4 Å². The number of hydrogen-bond acceptors (Lipinski definition) is 3. The summed E-state index contributed by atoms with van der Waals surface area (Å²) in [5.41, 5.74) is 8.49. The smallest absolute Gasteiger partial charge is 0.143 e. The minimum absolute atomic E-state index is 0.911. The quantitative estimate of drug-likeness (QED) is 0.251. The zero-order chi connectivity index (χ0) is 25.8. The predicted octanol–water partition coefficient (Wildman–Crippen LogP) is 11.0. The summed E-state index contributed by atoms with van der Waals surface area (Å²) in [6, 6.07) is 47.2. The molecule has 1 N–H and O–H groups in total. The van der Waals surface area contributed by atoms with E-state index in [0.29, 0.717) is 0 Å². The Kier molecular flexibility index (Phi) is 5.04. The van der Waals surface area contributed by atoms with E-state index in [9.17, 15) is 0 Å². The first kappa shape index (κ1) is 22.2. The molecule has 0 bridgehead atoms. The van der Waals surface area contributed by atoms with Crippen molar-refractivity contribution < 1.29 is 4.42 Å². The maximum Gasteiger partial charge on any atom is 0.143 e. The number of furan rings is 1. The fourth-order valence-corrected chi connectivity index (χ4v) is 6.74. The minimum Gasteiger partial charge on any atom is -0.455 e. The second kappa shape index (κ2) is 8.87. The summed E-state index contributed by atoms with van der Waals surface area (Å²) >= 11 is 1.84. The molecule has 2 nitrogen and oxygen atoms in total. The molecule has 0 atom stereocenters. The fraction of sp³-hybridized carbons (Fsp3) is 0. The molecule has 8 aromatic rings. The second-order valence-corrected chi connectivity index (χ2v) is 11.0. The number of anilines is 2. The van der Waals surface area contributed by atoms with Gasteiger partial charge in [0.2, 0.25) is 0 Å². The Morgan fingerprint density at radius 3 is 2.13 bits per heavy atom. The summed E-state index contributed by atoms with van der Waals surface area (Å²) in [5.74, 6) is 0. The van der Waals surface area contributed by atoms with Crippen LogP contribution in [0.2, 0.25) is 0 Å². The molecule has 6 aromatic carbocycles. The highest BCUT2D eigenvalue weighted by Gasteiger charge is 2.14. The molecule has 0 radical (unpaired) electrons. The monoisotopic (exact) mass is 517 g/mol. The maximum absolute atomic E-state index is 6.40. The highest BCUT2D eigenvalue weighted by molar-refractivity contribution is 7.25. The molecule has 3 heteroatoms. The minimum atomic E-state index is 0.911. The average molecular weight is 518 g/mol. The number of fused-ring (bicyclic) bond motifs is 6. The van der Waals surface area contributed by atoms with E-state index in [1.807, 2.05) is 23.5 Å². The summed E-state index contributed by atoms with van der Waals surface area (Å²) in [5, 5.41) is 8.61. The van der Waals surface area contributed by atoms with E-state index in [2.05, 4.69) is 127 Å². The molecule has 0 spiro atoms. The molecule has 0 aliphatic rings. The fourth-order valence-electron chi connectivity index (χ4n) is 5.60. The molecule has 0 unspecified atom stereocenters. The summed E-state index contributed by atoms with van der Waals surface area (Å²) < 4.78 is 9.00. The molecule has 0 saturated heterocycles. The summed E-state index contributed by atoms with van der Waals surface area (Å²) in [7, 11) is 0. The van der Waals surface area contributed by atoms with Crippen molar-refractivity contribution in [3.8, 4) is 22.3 Å². The lowest BCUT2D eigenvalue weighted by atomic mass is 9.96. The van der Waals surface area contributed by atoms with Gasteiger partial charge in [-0.25, -0.2) is 0 Å². The number of hydrogen-bond donors (Lipinski definition) is 1. The molecule has 39 heavy (non-hydrogen) atoms. The zero-order valence-electron chi connectivity index (χ0n) is 21.0. The van der Waals surface area contributed by atoms with Crippen LogP contribution in [0.1, 0.15) is 0 Å². The van der Waals surface area contributed by atoms with Crippen LogP contribution < -0.4 is 5.32 Å². The molecular weight excluding hydrogens is 494 g/mol. The largest absolute Gasteiger partial charge is 0.455 e. The van der Waals surface area contributed by atoms with Gasteiger partial charge >= 0.3 is 0 Å². The van der Waals surface area contributed by atoms with E-state index < -0.39 is 0 Å². The van der Waals surface area contributed by atoms with Gasteiger partial charge in [0.25, 0.3) is 0 Å². The Hall–Kier alpha value is -4.86. The molecule has 0 aliphatic carbocycles. The summed E-state index contributed by atoms with van der Waals surface area (Å²) in [4.78, 5) is 0. The third-order valence-corrected chi connectivity index (χ3v) is 8.56. The van der Waals surface area contributed by atoms with Gasteiger partial charge in [-0.15, -0.1) is 11.3 Å². The number of rotatable bonds is 4. The lowest BCUT2D eigenvalue weighted by Gasteiger charge is -2.13. The Balaban J connectivity index is 1.28. The third kappa shape index (κ3) is 3.79. The van der Waals surface area contributed by atoms with Crippen molar-refractivity contribution in [2.75, 3.05) is 5.32 Å². The molecule has 8 rings (SSSR count). The number of benzene rings is 6. The predicted molar refractivity (Wildman–Crippen MR) is 167 cm³/mol. The first-order chi connectivity index (χ1) is 19.3. The summed E-state index contributed by atoms with van der Waals surface area (Å²) in [6.45, 7) is 0. The van der Waals surface area contributed by atoms with Gasteiger partial charge in [-0.1, -0.05) is 91.0 Å². The first-order valence-electron chi connectivity index (χ1n) is 13.1. The van der Waals surface area contributed by atoms with Crippen molar-refractivity contribution in [1.82, 2.24) is 0 Å². The van der Waals surface area contributed by atoms with Crippen LogP contribution in [0.3, 0.4) is 0 Å². The van der Waals surface area contributed by atoms with Crippen molar-refractivity contribution in [3.63, 3.8) is 0 Å². The van der Waals surface area contributed by atoms with E-state index in [-0.39, 0.29) is 0 Å². The lowest BCUT2D eigenvalue weighted by Crippen LogP contribution is -1.92. The maximum atomic E-state index is 6.40. The summed E-state index contributed by atoms with van der Waals surface area (Å²) in [6.07, 6.45) is 0. The third-order valence-electron chi connectivity index (χ3n) is 7.42. The van der Waals surface area contributed by atoms with Crippen molar-refractivity contribution in [2.24, 2.45) is 0 Å². The molecule has 2 heterocycles. The normalized spacial score (nSPS) is 11.6. The van der Waals surface area contributed by atoms with Gasteiger partial charge in [0.15, 0.2) is 0 Å². The average Bonchev–Trinajstić information content (AvgIpc) is 3.55. The van der Waals surface area contributed by atoms with Gasteiger partial charge in [0.1, 0.15) is 11.2 Å². The molecule has 184 valence electrons. The molecule has 2 aromatic heterocycles. The van der Waals surface area contributed by atoms with Gasteiger partial charge < -0.3 is 9.73 Å². The molecule has 0 fully saturated rings. The van der Waals surface area contributed by atoms with Crippen LogP contribution in [-0.2, 0) is 0 Å². The van der Waals surface area contributed by atoms with Gasteiger partial charge in [0, 0.05) is 47.9 Å². The lowest BCUT2D eigenvalue weighted by molar-refractivity contribution is 0.670. The van der Waals surface area contributed by atoms with E-state index in [4.69, 9.17) is 4.42 Å². The molecule has 0 saturated carbocycles. The molecular formula is C36H23NOS. The molecule has 0 amide bonds. The van der Waals surface area contributed by atoms with Gasteiger partial charge in [-0.05, 0) is 59.2 Å². The first-order valence-corrected chi connectivity index (χ1v) is 13.9. The Bertz CT molecular complexity index is 2150. The SMILES string of the molecule is c1ccc(-c2cc(Nc3ccc4c(c3)sc3ccccc34)cc(-c3cccc4c3oc3ccccc34)c2)cc1. The number of para-hydroxylation sites is 2. The van der Waals surface area contributed by atoms with Crippen molar-refractivity contribution >= 4 is 64.8 Å². The van der Waals surface area contributed by atoms with E-state index in [1.54, 1.807) is 0 Å².